The van der Waals surface area contributed by atoms with Gasteiger partial charge in [-0.1, -0.05) is 0 Å². The summed E-state index contributed by atoms with van der Waals surface area (Å²) in [6.45, 7) is 3.87. The first-order valence-corrected chi connectivity index (χ1v) is 8.49. The average molecular weight is 328 g/mol. The van der Waals surface area contributed by atoms with E-state index in [1.807, 2.05) is 0 Å². The van der Waals surface area contributed by atoms with E-state index in [4.69, 9.17) is 9.47 Å². The predicted molar refractivity (Wildman–Crippen MR) is 80.2 cm³/mol. The van der Waals surface area contributed by atoms with Gasteiger partial charge < -0.3 is 14.4 Å². The summed E-state index contributed by atoms with van der Waals surface area (Å²) in [5, 5.41) is 0. The van der Waals surface area contributed by atoms with Crippen molar-refractivity contribution in [1.29, 1.82) is 0 Å². The number of hydrogen-bond acceptors (Lipinski definition) is 5. The number of carbonyl (C=O) groups is 1. The van der Waals surface area contributed by atoms with E-state index in [-0.39, 0.29) is 10.8 Å². The Labute approximate surface area is 130 Å². The molecule has 0 spiro atoms. The molecular weight excluding hydrogens is 308 g/mol. The maximum absolute atomic E-state index is 12.2. The molecule has 1 atom stereocenters. The second-order valence-electron chi connectivity index (χ2n) is 4.88. The van der Waals surface area contributed by atoms with Crippen molar-refractivity contribution in [2.75, 3.05) is 33.4 Å². The Bertz CT molecular complexity index is 609. The lowest BCUT2D eigenvalue weighted by Gasteiger charge is -2.29. The lowest BCUT2D eigenvalue weighted by molar-refractivity contribution is -0.142. The molecule has 0 saturated carbocycles. The summed E-state index contributed by atoms with van der Waals surface area (Å²) in [7, 11) is -2.12. The third-order valence-corrected chi connectivity index (χ3v) is 4.82. The van der Waals surface area contributed by atoms with Crippen molar-refractivity contribution in [3.8, 4) is 5.75 Å². The molecular formula is C14H20N2O5S. The fourth-order valence-electron chi connectivity index (χ4n) is 2.11. The summed E-state index contributed by atoms with van der Waals surface area (Å²) in [6, 6.07) is 5.95. The highest BCUT2D eigenvalue weighted by atomic mass is 32.2. The summed E-state index contributed by atoms with van der Waals surface area (Å²) in [5.41, 5.74) is 0. The number of benzene rings is 1. The third kappa shape index (κ3) is 3.96. The predicted octanol–water partition coefficient (Wildman–Crippen LogP) is 0.221. The highest BCUT2D eigenvalue weighted by Crippen LogP contribution is 2.17. The van der Waals surface area contributed by atoms with Gasteiger partial charge in [0, 0.05) is 13.1 Å². The summed E-state index contributed by atoms with van der Waals surface area (Å²) < 4.78 is 36.3. The SMILES string of the molecule is CNS(=O)(=O)c1ccc(O[C@H](C)C(=O)N2CCOCC2)cc1. The van der Waals surface area contributed by atoms with Gasteiger partial charge in [0.15, 0.2) is 6.10 Å². The van der Waals surface area contributed by atoms with Gasteiger partial charge in [0.25, 0.3) is 5.91 Å². The van der Waals surface area contributed by atoms with Crippen LogP contribution in [0.3, 0.4) is 0 Å². The van der Waals surface area contributed by atoms with Crippen molar-refractivity contribution in [2.24, 2.45) is 0 Å². The van der Waals surface area contributed by atoms with Gasteiger partial charge in [0.05, 0.1) is 18.1 Å². The van der Waals surface area contributed by atoms with E-state index in [1.165, 1.54) is 31.3 Å². The Morgan fingerprint density at radius 2 is 1.86 bits per heavy atom. The van der Waals surface area contributed by atoms with Crippen LogP contribution in [0.4, 0.5) is 0 Å². The van der Waals surface area contributed by atoms with E-state index in [0.717, 1.165) is 0 Å². The number of nitrogens with one attached hydrogen (secondary N) is 1. The minimum atomic E-state index is -3.47. The smallest absolute Gasteiger partial charge is 0.263 e. The lowest BCUT2D eigenvalue weighted by atomic mass is 10.3. The van der Waals surface area contributed by atoms with E-state index < -0.39 is 16.1 Å². The van der Waals surface area contributed by atoms with Crippen LogP contribution in [0.1, 0.15) is 6.92 Å². The molecule has 22 heavy (non-hydrogen) atoms. The molecule has 1 saturated heterocycles. The van der Waals surface area contributed by atoms with Crippen molar-refractivity contribution < 1.29 is 22.7 Å². The molecule has 0 unspecified atom stereocenters. The number of hydrogen-bond donors (Lipinski definition) is 1. The van der Waals surface area contributed by atoms with E-state index in [0.29, 0.717) is 32.1 Å². The molecule has 7 nitrogen and oxygen atoms in total. The Morgan fingerprint density at radius 1 is 1.27 bits per heavy atom. The summed E-state index contributed by atoms with van der Waals surface area (Å²) in [4.78, 5) is 14.1. The zero-order valence-electron chi connectivity index (χ0n) is 12.6. The van der Waals surface area contributed by atoms with Gasteiger partial charge in [-0.05, 0) is 38.2 Å². The minimum absolute atomic E-state index is 0.102. The van der Waals surface area contributed by atoms with Crippen LogP contribution >= 0.6 is 0 Å². The zero-order valence-corrected chi connectivity index (χ0v) is 13.4. The Hall–Kier alpha value is -1.64. The van der Waals surface area contributed by atoms with Crippen molar-refractivity contribution in [3.05, 3.63) is 24.3 Å². The van der Waals surface area contributed by atoms with Gasteiger partial charge in [-0.15, -0.1) is 0 Å². The number of rotatable bonds is 5. The molecule has 0 aliphatic carbocycles. The van der Waals surface area contributed by atoms with Gasteiger partial charge in [0.1, 0.15) is 5.75 Å². The summed E-state index contributed by atoms with van der Waals surface area (Å²) in [5.74, 6) is 0.347. The third-order valence-electron chi connectivity index (χ3n) is 3.39. The van der Waals surface area contributed by atoms with Crippen molar-refractivity contribution in [2.45, 2.75) is 17.9 Å². The molecule has 0 radical (unpaired) electrons. The Morgan fingerprint density at radius 3 is 2.41 bits per heavy atom. The molecule has 8 heteroatoms. The van der Waals surface area contributed by atoms with E-state index >= 15 is 0 Å². The zero-order chi connectivity index (χ0) is 16.2. The molecule has 0 bridgehead atoms. The van der Waals surface area contributed by atoms with Crippen LogP contribution in [0, 0.1) is 0 Å². The number of ether oxygens (including phenoxy) is 2. The van der Waals surface area contributed by atoms with Crippen LogP contribution in [0.25, 0.3) is 0 Å². The molecule has 1 amide bonds. The molecule has 1 heterocycles. The largest absolute Gasteiger partial charge is 0.481 e. The maximum Gasteiger partial charge on any atom is 0.263 e. The fraction of sp³-hybridized carbons (Fsp3) is 0.500. The number of morpholine rings is 1. The number of nitrogens with zero attached hydrogens (tertiary/aromatic N) is 1. The van der Waals surface area contributed by atoms with E-state index in [9.17, 15) is 13.2 Å². The molecule has 1 aromatic rings. The minimum Gasteiger partial charge on any atom is -0.481 e. The first kappa shape index (κ1) is 16.7. The topological polar surface area (TPSA) is 84.9 Å². The molecule has 1 N–H and O–H groups in total. The quantitative estimate of drug-likeness (QED) is 0.836. The van der Waals surface area contributed by atoms with Crippen LogP contribution in [0.2, 0.25) is 0 Å². The van der Waals surface area contributed by atoms with Crippen molar-refractivity contribution >= 4 is 15.9 Å². The van der Waals surface area contributed by atoms with Gasteiger partial charge in [-0.3, -0.25) is 4.79 Å². The first-order valence-electron chi connectivity index (χ1n) is 7.01. The van der Waals surface area contributed by atoms with Crippen molar-refractivity contribution in [3.63, 3.8) is 0 Å². The monoisotopic (exact) mass is 328 g/mol. The molecule has 1 aliphatic heterocycles. The van der Waals surface area contributed by atoms with Crippen LogP contribution in [-0.2, 0) is 19.6 Å². The first-order chi connectivity index (χ1) is 10.4. The molecule has 0 aromatic heterocycles. The highest BCUT2D eigenvalue weighted by molar-refractivity contribution is 7.89. The average Bonchev–Trinajstić information content (AvgIpc) is 2.55. The summed E-state index contributed by atoms with van der Waals surface area (Å²) >= 11 is 0. The number of carbonyl (C=O) groups excluding carboxylic acids is 1. The number of amides is 1. The molecule has 2 rings (SSSR count). The highest BCUT2D eigenvalue weighted by Gasteiger charge is 2.23. The van der Waals surface area contributed by atoms with Gasteiger partial charge >= 0.3 is 0 Å². The van der Waals surface area contributed by atoms with Gasteiger partial charge in [-0.2, -0.15) is 0 Å². The van der Waals surface area contributed by atoms with Gasteiger partial charge in [0.2, 0.25) is 10.0 Å². The fourth-order valence-corrected chi connectivity index (χ4v) is 2.84. The van der Waals surface area contributed by atoms with Crippen molar-refractivity contribution in [1.82, 2.24) is 9.62 Å². The van der Waals surface area contributed by atoms with E-state index in [2.05, 4.69) is 4.72 Å². The summed E-state index contributed by atoms with van der Waals surface area (Å²) in [6.07, 6.45) is -0.634. The van der Waals surface area contributed by atoms with E-state index in [1.54, 1.807) is 11.8 Å². The second-order valence-corrected chi connectivity index (χ2v) is 6.76. The van der Waals surface area contributed by atoms with Crippen LogP contribution in [-0.4, -0.2) is 58.7 Å². The molecule has 1 aliphatic rings. The van der Waals surface area contributed by atoms with Gasteiger partial charge in [-0.25, -0.2) is 13.1 Å². The molecule has 1 fully saturated rings. The normalized spacial score (nSPS) is 17.1. The number of sulfonamides is 1. The standard InChI is InChI=1S/C14H20N2O5S/c1-11(14(17)16-7-9-20-10-8-16)21-12-3-5-13(6-4-12)22(18,19)15-2/h3-6,11,15H,7-10H2,1-2H3/t11-/m1/s1. The Balaban J connectivity index is 1.99. The maximum atomic E-state index is 12.2. The lowest BCUT2D eigenvalue weighted by Crippen LogP contribution is -2.46. The Kier molecular flexibility index (Phi) is 5.38. The molecule has 122 valence electrons. The van der Waals surface area contributed by atoms with Crippen LogP contribution in [0.15, 0.2) is 29.2 Å². The van der Waals surface area contributed by atoms with Crippen LogP contribution < -0.4 is 9.46 Å². The molecule has 1 aromatic carbocycles. The van der Waals surface area contributed by atoms with Crippen LogP contribution in [0.5, 0.6) is 5.75 Å². The second kappa shape index (κ2) is 7.08.